The van der Waals surface area contributed by atoms with Gasteiger partial charge in [0.25, 0.3) is 5.91 Å². The number of nitrogens with one attached hydrogen (secondary N) is 1. The summed E-state index contributed by atoms with van der Waals surface area (Å²) in [7, 11) is 0. The van der Waals surface area contributed by atoms with Gasteiger partial charge in [-0.15, -0.1) is 11.3 Å². The Hall–Kier alpha value is -2.62. The van der Waals surface area contributed by atoms with Gasteiger partial charge in [-0.25, -0.2) is 0 Å². The van der Waals surface area contributed by atoms with Crippen molar-refractivity contribution in [1.82, 2.24) is 0 Å². The maximum atomic E-state index is 13.2. The topological polar surface area (TPSA) is 62.1 Å². The Kier molecular flexibility index (Phi) is 9.39. The first kappa shape index (κ1) is 25.5. The van der Waals surface area contributed by atoms with Gasteiger partial charge in [0.1, 0.15) is 23.4 Å². The van der Waals surface area contributed by atoms with Crippen LogP contribution in [-0.2, 0) is 19.4 Å². The van der Waals surface area contributed by atoms with Crippen LogP contribution in [-0.4, -0.2) is 5.91 Å². The van der Waals surface area contributed by atoms with E-state index in [4.69, 9.17) is 4.74 Å². The Morgan fingerprint density at radius 2 is 1.69 bits per heavy atom. The number of anilines is 1. The van der Waals surface area contributed by atoms with Crippen LogP contribution in [0.5, 0.6) is 5.75 Å². The van der Waals surface area contributed by atoms with E-state index in [1.54, 1.807) is 17.4 Å². The number of ether oxygens (including phenoxy) is 1. The summed E-state index contributed by atoms with van der Waals surface area (Å²) < 4.78 is 6.80. The third-order valence-electron chi connectivity index (χ3n) is 6.43. The molecule has 0 fully saturated rings. The number of aryl methyl sites for hydroxylation is 1. The van der Waals surface area contributed by atoms with Crippen molar-refractivity contribution in [3.63, 3.8) is 0 Å². The van der Waals surface area contributed by atoms with Crippen LogP contribution in [0.15, 0.2) is 53.0 Å². The number of fused-ring (bicyclic) bond motifs is 1. The van der Waals surface area contributed by atoms with Crippen molar-refractivity contribution in [2.24, 2.45) is 0 Å². The van der Waals surface area contributed by atoms with E-state index in [9.17, 15) is 10.1 Å². The van der Waals surface area contributed by atoms with Gasteiger partial charge in [-0.2, -0.15) is 5.26 Å². The number of para-hydroxylation sites is 1. The second-order valence-electron chi connectivity index (χ2n) is 9.02. The summed E-state index contributed by atoms with van der Waals surface area (Å²) in [6.07, 6.45) is 11.8. The largest absolute Gasteiger partial charge is 0.488 e. The molecule has 0 atom stereocenters. The minimum absolute atomic E-state index is 0.193. The first-order chi connectivity index (χ1) is 17.2. The van der Waals surface area contributed by atoms with Crippen molar-refractivity contribution in [2.75, 3.05) is 5.32 Å². The van der Waals surface area contributed by atoms with Crippen LogP contribution in [0.3, 0.4) is 0 Å². The molecule has 1 aromatic heterocycles. The molecule has 0 saturated carbocycles. The second-order valence-corrected chi connectivity index (χ2v) is 11.0. The Labute approximate surface area is 220 Å². The van der Waals surface area contributed by atoms with Crippen LogP contribution in [0.4, 0.5) is 5.00 Å². The number of halogens is 1. The van der Waals surface area contributed by atoms with Crippen molar-refractivity contribution in [1.29, 1.82) is 5.26 Å². The van der Waals surface area contributed by atoms with Crippen molar-refractivity contribution in [3.05, 3.63) is 80.1 Å². The van der Waals surface area contributed by atoms with Gasteiger partial charge in [0.15, 0.2) is 0 Å². The lowest BCUT2D eigenvalue weighted by molar-refractivity contribution is 0.102. The summed E-state index contributed by atoms with van der Waals surface area (Å²) in [4.78, 5) is 14.4. The van der Waals surface area contributed by atoms with Gasteiger partial charge in [-0.05, 0) is 77.0 Å². The molecule has 1 aliphatic carbocycles. The Morgan fingerprint density at radius 1 is 0.971 bits per heavy atom. The summed E-state index contributed by atoms with van der Waals surface area (Å²) >= 11 is 5.08. The molecule has 1 heterocycles. The standard InChI is InChI=1S/C29H31BrN2O2S/c30-25-15-9-10-16-26(25)34-20-21-12-11-13-22(18-21)28(33)32-29-24(19-31)23-14-7-5-3-1-2-4-6-8-17-27(23)35-29/h9-13,15-16,18H,1-8,14,17,20H2,(H,32,33). The Balaban J connectivity index is 1.48. The molecule has 182 valence electrons. The summed E-state index contributed by atoms with van der Waals surface area (Å²) in [6, 6.07) is 17.6. The van der Waals surface area contributed by atoms with E-state index in [0.717, 1.165) is 47.0 Å². The number of benzene rings is 2. The fourth-order valence-corrected chi connectivity index (χ4v) is 6.17. The summed E-state index contributed by atoms with van der Waals surface area (Å²) in [5, 5.41) is 13.7. The van der Waals surface area contributed by atoms with Gasteiger partial charge >= 0.3 is 0 Å². The normalized spacial score (nSPS) is 14.6. The predicted molar refractivity (Wildman–Crippen MR) is 146 cm³/mol. The zero-order chi connectivity index (χ0) is 24.5. The van der Waals surface area contributed by atoms with Gasteiger partial charge in [-0.3, -0.25) is 4.79 Å². The van der Waals surface area contributed by atoms with E-state index in [2.05, 4.69) is 27.3 Å². The van der Waals surface area contributed by atoms with Crippen LogP contribution in [0.25, 0.3) is 0 Å². The maximum absolute atomic E-state index is 13.2. The Morgan fingerprint density at radius 3 is 2.43 bits per heavy atom. The third-order valence-corrected chi connectivity index (χ3v) is 8.29. The lowest BCUT2D eigenvalue weighted by atomic mass is 9.98. The van der Waals surface area contributed by atoms with Gasteiger partial charge in [-0.1, -0.05) is 62.8 Å². The lowest BCUT2D eigenvalue weighted by Crippen LogP contribution is -2.12. The highest BCUT2D eigenvalue weighted by Crippen LogP contribution is 2.36. The maximum Gasteiger partial charge on any atom is 0.256 e. The average molecular weight is 552 g/mol. The Bertz CT molecular complexity index is 1200. The van der Waals surface area contributed by atoms with Crippen molar-refractivity contribution >= 4 is 38.2 Å². The quantitative estimate of drug-likeness (QED) is 0.346. The molecular weight excluding hydrogens is 520 g/mol. The number of hydrogen-bond acceptors (Lipinski definition) is 4. The molecule has 0 saturated heterocycles. The molecule has 3 aromatic rings. The van der Waals surface area contributed by atoms with Crippen LogP contribution in [0.1, 0.15) is 83.3 Å². The highest BCUT2D eigenvalue weighted by molar-refractivity contribution is 9.10. The van der Waals surface area contributed by atoms with E-state index in [0.29, 0.717) is 22.7 Å². The third kappa shape index (κ3) is 6.96. The molecule has 0 bridgehead atoms. The van der Waals surface area contributed by atoms with Gasteiger partial charge in [0.05, 0.1) is 10.0 Å². The molecule has 0 spiro atoms. The zero-order valence-corrected chi connectivity index (χ0v) is 22.3. The highest BCUT2D eigenvalue weighted by Gasteiger charge is 2.20. The minimum atomic E-state index is -0.193. The lowest BCUT2D eigenvalue weighted by Gasteiger charge is -2.09. The van der Waals surface area contributed by atoms with Crippen LogP contribution in [0, 0.1) is 11.3 Å². The molecular formula is C29H31BrN2O2S. The highest BCUT2D eigenvalue weighted by atomic mass is 79.9. The first-order valence-electron chi connectivity index (χ1n) is 12.5. The summed E-state index contributed by atoms with van der Waals surface area (Å²) in [6.45, 7) is 0.362. The van der Waals surface area contributed by atoms with E-state index in [1.807, 2.05) is 42.5 Å². The monoisotopic (exact) mass is 550 g/mol. The molecule has 6 heteroatoms. The molecule has 1 amide bonds. The molecule has 0 radical (unpaired) electrons. The molecule has 4 nitrogen and oxygen atoms in total. The van der Waals surface area contributed by atoms with Gasteiger partial charge in [0.2, 0.25) is 0 Å². The minimum Gasteiger partial charge on any atom is -0.488 e. The fraction of sp³-hybridized carbons (Fsp3) is 0.379. The number of rotatable bonds is 5. The molecule has 2 aromatic carbocycles. The zero-order valence-electron chi connectivity index (χ0n) is 19.9. The number of carbonyl (C=O) groups excluding carboxylic acids is 1. The molecule has 1 aliphatic rings. The van der Waals surface area contributed by atoms with E-state index in [-0.39, 0.29) is 5.91 Å². The number of carbonyl (C=O) groups is 1. The molecule has 0 unspecified atom stereocenters. The van der Waals surface area contributed by atoms with Gasteiger partial charge in [0, 0.05) is 10.4 Å². The summed E-state index contributed by atoms with van der Waals surface area (Å²) in [5.41, 5.74) is 3.28. The number of hydrogen-bond donors (Lipinski definition) is 1. The molecule has 35 heavy (non-hydrogen) atoms. The summed E-state index contributed by atoms with van der Waals surface area (Å²) in [5.74, 6) is 0.566. The first-order valence-corrected chi connectivity index (χ1v) is 14.1. The number of nitriles is 1. The van der Waals surface area contributed by atoms with Crippen LogP contribution in [0.2, 0.25) is 0 Å². The molecule has 0 aliphatic heterocycles. The molecule has 4 rings (SSSR count). The van der Waals surface area contributed by atoms with Crippen molar-refractivity contribution < 1.29 is 9.53 Å². The van der Waals surface area contributed by atoms with Crippen LogP contribution < -0.4 is 10.1 Å². The van der Waals surface area contributed by atoms with E-state index < -0.39 is 0 Å². The predicted octanol–water partition coefficient (Wildman–Crippen LogP) is 8.43. The van der Waals surface area contributed by atoms with E-state index >= 15 is 0 Å². The van der Waals surface area contributed by atoms with Gasteiger partial charge < -0.3 is 10.1 Å². The number of amides is 1. The number of thiophene rings is 1. The molecule has 1 N–H and O–H groups in total. The van der Waals surface area contributed by atoms with E-state index in [1.165, 1.54) is 43.4 Å². The average Bonchev–Trinajstić information content (AvgIpc) is 3.19. The smallest absolute Gasteiger partial charge is 0.256 e. The van der Waals surface area contributed by atoms with Crippen molar-refractivity contribution in [3.8, 4) is 11.8 Å². The van der Waals surface area contributed by atoms with Crippen molar-refractivity contribution in [2.45, 2.75) is 70.8 Å². The fourth-order valence-electron chi connectivity index (χ4n) is 4.53. The van der Waals surface area contributed by atoms with Crippen LogP contribution >= 0.6 is 27.3 Å². The SMILES string of the molecule is N#Cc1c(NC(=O)c2cccc(COc3ccccc3Br)c2)sc2c1CCCCCCCCCC2. The number of nitrogens with zero attached hydrogens (tertiary/aromatic N) is 1. The second kappa shape index (κ2) is 12.9.